The molecule has 1 aliphatic rings. The summed E-state index contributed by atoms with van der Waals surface area (Å²) >= 11 is 6.22. The fourth-order valence-electron chi connectivity index (χ4n) is 5.22. The Bertz CT molecular complexity index is 1590. The molecule has 4 rings (SSSR count). The second-order valence-corrected chi connectivity index (χ2v) is 18.4. The lowest BCUT2D eigenvalue weighted by Gasteiger charge is -2.43. The molecule has 3 aromatic heterocycles. The van der Waals surface area contributed by atoms with Crippen molar-refractivity contribution in [2.45, 2.75) is 91.0 Å². The molecule has 10 nitrogen and oxygen atoms in total. The number of piperazine rings is 1. The van der Waals surface area contributed by atoms with E-state index < -0.39 is 25.9 Å². The predicted molar refractivity (Wildman–Crippen MR) is 170 cm³/mol. The number of halogens is 2. The van der Waals surface area contributed by atoms with Crippen LogP contribution < -0.4 is 10.6 Å². The average molecular weight is 633 g/mol. The van der Waals surface area contributed by atoms with Crippen molar-refractivity contribution in [3.8, 4) is 5.69 Å². The van der Waals surface area contributed by atoms with Crippen LogP contribution >= 0.6 is 11.6 Å². The van der Waals surface area contributed by atoms with Crippen LogP contribution in [0.1, 0.15) is 65.6 Å². The van der Waals surface area contributed by atoms with Gasteiger partial charge in [-0.15, -0.1) is 0 Å². The van der Waals surface area contributed by atoms with Gasteiger partial charge in [-0.05, 0) is 62.0 Å². The number of rotatable bonds is 7. The first-order chi connectivity index (χ1) is 19.9. The van der Waals surface area contributed by atoms with Crippen molar-refractivity contribution in [2.75, 3.05) is 24.6 Å². The van der Waals surface area contributed by atoms with Gasteiger partial charge in [0, 0.05) is 38.0 Å². The van der Waals surface area contributed by atoms with E-state index in [4.69, 9.17) is 16.0 Å². The minimum atomic E-state index is -2.02. The number of anilines is 1. The highest BCUT2D eigenvalue weighted by atomic mass is 35.5. The smallest absolute Gasteiger partial charge is 0.407 e. The highest BCUT2D eigenvalue weighted by Crippen LogP contribution is 2.37. The van der Waals surface area contributed by atoms with Crippen molar-refractivity contribution in [1.82, 2.24) is 24.4 Å². The largest absolute Gasteiger partial charge is 0.465 e. The molecule has 234 valence electrons. The number of carbonyl (C=O) groups is 1. The minimum Gasteiger partial charge on any atom is -0.465 e. The van der Waals surface area contributed by atoms with Crippen LogP contribution in [-0.2, 0) is 10.8 Å². The molecule has 2 atom stereocenters. The van der Waals surface area contributed by atoms with Crippen LogP contribution in [0.2, 0.25) is 23.3 Å². The topological polar surface area (TPSA) is 114 Å². The lowest BCUT2D eigenvalue weighted by molar-refractivity contribution is 0.114. The number of hydrogen-bond acceptors (Lipinski definition) is 7. The maximum atomic E-state index is 15.0. The molecule has 0 aliphatic carbocycles. The molecule has 1 N–H and O–H groups in total. The van der Waals surface area contributed by atoms with Gasteiger partial charge < -0.3 is 19.3 Å². The van der Waals surface area contributed by atoms with Crippen molar-refractivity contribution >= 4 is 42.9 Å². The molecule has 43 heavy (non-hydrogen) atoms. The normalized spacial score (nSPS) is 18.1. The summed E-state index contributed by atoms with van der Waals surface area (Å²) in [6.07, 6.45) is 1.22. The Balaban J connectivity index is 1.91. The summed E-state index contributed by atoms with van der Waals surface area (Å²) in [4.78, 5) is 42.5. The summed E-state index contributed by atoms with van der Waals surface area (Å²) in [7, 11) is -2.02. The zero-order valence-corrected chi connectivity index (χ0v) is 28.2. The summed E-state index contributed by atoms with van der Waals surface area (Å²) in [6.45, 7) is 19.5. The molecule has 0 unspecified atom stereocenters. The summed E-state index contributed by atoms with van der Waals surface area (Å²) < 4.78 is 22.8. The quantitative estimate of drug-likeness (QED) is 0.241. The third kappa shape index (κ3) is 6.41. The van der Waals surface area contributed by atoms with Gasteiger partial charge in [0.2, 0.25) is 0 Å². The Morgan fingerprint density at radius 2 is 1.88 bits per heavy atom. The van der Waals surface area contributed by atoms with Gasteiger partial charge in [-0.25, -0.2) is 23.5 Å². The van der Waals surface area contributed by atoms with E-state index in [9.17, 15) is 19.1 Å². The number of aromatic nitrogens is 4. The number of amides is 1. The van der Waals surface area contributed by atoms with Crippen LogP contribution in [0.25, 0.3) is 16.7 Å². The van der Waals surface area contributed by atoms with Gasteiger partial charge in [-0.2, -0.15) is 4.98 Å². The number of pyridine rings is 2. The highest BCUT2D eigenvalue weighted by Gasteiger charge is 2.37. The lowest BCUT2D eigenvalue weighted by atomic mass is 10.0. The molecule has 1 amide bonds. The Hall–Kier alpha value is -3.09. The molecule has 0 radical (unpaired) electrons. The monoisotopic (exact) mass is 632 g/mol. The molecule has 0 bridgehead atoms. The Morgan fingerprint density at radius 1 is 1.21 bits per heavy atom. The molecular weight excluding hydrogens is 591 g/mol. The van der Waals surface area contributed by atoms with E-state index in [1.807, 2.05) is 31.7 Å². The molecule has 4 heterocycles. The van der Waals surface area contributed by atoms with E-state index in [-0.39, 0.29) is 52.7 Å². The zero-order chi connectivity index (χ0) is 32.0. The molecule has 0 spiro atoms. The number of nitrogens with zero attached hydrogens (tertiary/aromatic N) is 6. The fraction of sp³-hybridized carbons (Fsp3) is 0.567. The van der Waals surface area contributed by atoms with E-state index in [0.717, 1.165) is 5.56 Å². The minimum absolute atomic E-state index is 0.0411. The first kappa shape index (κ1) is 32.8. The third-order valence-corrected chi connectivity index (χ3v) is 13.5. The number of hydrogen-bond donors (Lipinski definition) is 1. The maximum absolute atomic E-state index is 15.0. The molecule has 1 aliphatic heterocycles. The first-order valence-electron chi connectivity index (χ1n) is 14.6. The second kappa shape index (κ2) is 12.1. The van der Waals surface area contributed by atoms with Crippen molar-refractivity contribution < 1.29 is 18.7 Å². The van der Waals surface area contributed by atoms with Crippen LogP contribution in [0.5, 0.6) is 0 Å². The van der Waals surface area contributed by atoms with Crippen molar-refractivity contribution in [3.63, 3.8) is 0 Å². The first-order valence-corrected chi connectivity index (χ1v) is 17.9. The number of fused-ring (bicyclic) bond motifs is 1. The van der Waals surface area contributed by atoms with E-state index in [0.29, 0.717) is 29.8 Å². The van der Waals surface area contributed by atoms with Crippen LogP contribution in [0.4, 0.5) is 15.0 Å². The molecule has 1 saturated heterocycles. The summed E-state index contributed by atoms with van der Waals surface area (Å²) in [6, 6.07) is 2.40. The van der Waals surface area contributed by atoms with E-state index in [1.54, 1.807) is 13.1 Å². The average Bonchev–Trinajstić information content (AvgIpc) is 2.89. The van der Waals surface area contributed by atoms with Crippen LogP contribution in [0.15, 0.2) is 23.1 Å². The van der Waals surface area contributed by atoms with Gasteiger partial charge in [0.25, 0.3) is 0 Å². The summed E-state index contributed by atoms with van der Waals surface area (Å²) in [5, 5.41) is 9.59. The van der Waals surface area contributed by atoms with Gasteiger partial charge in [0.15, 0.2) is 24.9 Å². The van der Waals surface area contributed by atoms with Gasteiger partial charge in [0.1, 0.15) is 5.82 Å². The van der Waals surface area contributed by atoms with E-state index in [2.05, 4.69) is 48.8 Å². The molecular formula is C30H42ClFN6O4Si. The zero-order valence-electron chi connectivity index (χ0n) is 26.4. The number of carboxylic acid groups (broad SMARTS) is 1. The van der Waals surface area contributed by atoms with Gasteiger partial charge in [0.05, 0.1) is 16.8 Å². The predicted octanol–water partition coefficient (Wildman–Crippen LogP) is 6.23. The Labute approximate surface area is 258 Å². The molecule has 0 saturated carbocycles. The van der Waals surface area contributed by atoms with Crippen LogP contribution in [0, 0.1) is 5.82 Å². The standard InChI is InChI=1S/C30H42ClFN6O4Si/c1-17(2)23-24(20(10-12-33-23)11-13-42-43(8,9)30(5,6)7)38-27-21(14-22(32)25(31)34-27)26(35-28(38)39)36-15-19(4)37(29(40)41)16-18(36)3/h10,12,14,17-19H,11,13,15-16H2,1-9H3,(H,40,41)/t18-,19+/m0/s1. The van der Waals surface area contributed by atoms with Gasteiger partial charge in [-0.1, -0.05) is 46.2 Å². The van der Waals surface area contributed by atoms with Crippen LogP contribution in [-0.4, -0.2) is 75.7 Å². The SMILES string of the molecule is CC(C)c1nccc(CCO[Si](C)(C)C(C)(C)C)c1-n1c(=O)nc(N2C[C@@H](C)N(C(=O)O)C[C@@H]2C)c2cc(F)c(Cl)nc21. The maximum Gasteiger partial charge on any atom is 0.407 e. The van der Waals surface area contributed by atoms with E-state index in [1.165, 1.54) is 15.5 Å². The van der Waals surface area contributed by atoms with E-state index >= 15 is 0 Å². The lowest BCUT2D eigenvalue weighted by Crippen LogP contribution is -2.58. The summed E-state index contributed by atoms with van der Waals surface area (Å²) in [5.74, 6) is -0.564. The van der Waals surface area contributed by atoms with Gasteiger partial charge in [-0.3, -0.25) is 4.98 Å². The highest BCUT2D eigenvalue weighted by molar-refractivity contribution is 6.74. The van der Waals surface area contributed by atoms with Crippen molar-refractivity contribution in [2.24, 2.45) is 0 Å². The molecule has 13 heteroatoms. The molecule has 0 aromatic carbocycles. The molecule has 3 aromatic rings. The summed E-state index contributed by atoms with van der Waals surface area (Å²) in [5.41, 5.74) is 1.58. The van der Waals surface area contributed by atoms with Gasteiger partial charge >= 0.3 is 11.8 Å². The van der Waals surface area contributed by atoms with Crippen molar-refractivity contribution in [1.29, 1.82) is 0 Å². The van der Waals surface area contributed by atoms with Crippen molar-refractivity contribution in [3.05, 3.63) is 51.0 Å². The molecule has 1 fully saturated rings. The Kier molecular flexibility index (Phi) is 9.25. The fourth-order valence-corrected chi connectivity index (χ4v) is 6.40. The Morgan fingerprint density at radius 3 is 2.49 bits per heavy atom. The van der Waals surface area contributed by atoms with Crippen LogP contribution in [0.3, 0.4) is 0 Å². The third-order valence-electron chi connectivity index (χ3n) is 8.71. The second-order valence-electron chi connectivity index (χ2n) is 13.2.